The van der Waals surface area contributed by atoms with Crippen molar-refractivity contribution in [2.24, 2.45) is 4.99 Å². The first-order valence-electron chi connectivity index (χ1n) is 9.52. The third-order valence-electron chi connectivity index (χ3n) is 4.42. The third kappa shape index (κ3) is 5.01. The molecule has 0 fully saturated rings. The minimum Gasteiger partial charge on any atom is -0.457 e. The first kappa shape index (κ1) is 18.7. The molecule has 1 aromatic carbocycles. The fraction of sp³-hybridized carbons (Fsp3) is 0.227. The second-order valence-corrected chi connectivity index (χ2v) is 6.82. The SMILES string of the molecule is Cc1coc(NC(=O)CCc2cccc(Oc3ccnc(C4=NCCN4)c3)c2)c1. The van der Waals surface area contributed by atoms with E-state index in [0.717, 1.165) is 35.7 Å². The number of carbonyl (C=O) groups excluding carboxylic acids is 1. The van der Waals surface area contributed by atoms with Gasteiger partial charge in [-0.05, 0) is 42.7 Å². The predicted molar refractivity (Wildman–Crippen MR) is 111 cm³/mol. The quantitative estimate of drug-likeness (QED) is 0.642. The number of aryl methyl sites for hydroxylation is 2. The molecule has 7 nitrogen and oxygen atoms in total. The van der Waals surface area contributed by atoms with E-state index in [-0.39, 0.29) is 5.91 Å². The molecular weight excluding hydrogens is 368 g/mol. The van der Waals surface area contributed by atoms with Crippen molar-refractivity contribution in [1.29, 1.82) is 0 Å². The van der Waals surface area contributed by atoms with Gasteiger partial charge in [-0.1, -0.05) is 12.1 Å². The van der Waals surface area contributed by atoms with Crippen molar-refractivity contribution in [1.82, 2.24) is 10.3 Å². The summed E-state index contributed by atoms with van der Waals surface area (Å²) in [5.41, 5.74) is 2.76. The number of nitrogens with zero attached hydrogens (tertiary/aromatic N) is 2. The second-order valence-electron chi connectivity index (χ2n) is 6.82. The Kier molecular flexibility index (Phi) is 5.56. The minimum atomic E-state index is -0.0886. The van der Waals surface area contributed by atoms with E-state index in [1.807, 2.05) is 43.3 Å². The highest BCUT2D eigenvalue weighted by Crippen LogP contribution is 2.23. The minimum absolute atomic E-state index is 0.0886. The molecule has 2 aromatic heterocycles. The lowest BCUT2D eigenvalue weighted by Crippen LogP contribution is -2.20. The number of furan rings is 1. The van der Waals surface area contributed by atoms with Crippen LogP contribution in [0.5, 0.6) is 11.5 Å². The van der Waals surface area contributed by atoms with Crippen LogP contribution in [0.25, 0.3) is 0 Å². The van der Waals surface area contributed by atoms with Crippen LogP contribution in [0.3, 0.4) is 0 Å². The van der Waals surface area contributed by atoms with Gasteiger partial charge in [-0.25, -0.2) is 0 Å². The molecule has 29 heavy (non-hydrogen) atoms. The molecule has 0 bridgehead atoms. The van der Waals surface area contributed by atoms with Crippen molar-refractivity contribution in [3.8, 4) is 11.5 Å². The lowest BCUT2D eigenvalue weighted by molar-refractivity contribution is -0.116. The van der Waals surface area contributed by atoms with E-state index in [4.69, 9.17) is 9.15 Å². The van der Waals surface area contributed by atoms with E-state index in [2.05, 4.69) is 20.6 Å². The van der Waals surface area contributed by atoms with Gasteiger partial charge in [0.15, 0.2) is 5.88 Å². The Labute approximate surface area is 168 Å². The molecule has 0 unspecified atom stereocenters. The number of anilines is 1. The number of benzene rings is 1. The zero-order valence-corrected chi connectivity index (χ0v) is 16.1. The van der Waals surface area contributed by atoms with Crippen LogP contribution in [0.4, 0.5) is 5.88 Å². The summed E-state index contributed by atoms with van der Waals surface area (Å²) in [6.45, 7) is 3.50. The molecule has 3 heterocycles. The van der Waals surface area contributed by atoms with E-state index in [1.165, 1.54) is 0 Å². The summed E-state index contributed by atoms with van der Waals surface area (Å²) >= 11 is 0. The summed E-state index contributed by atoms with van der Waals surface area (Å²) in [5.74, 6) is 2.58. The van der Waals surface area contributed by atoms with Crippen molar-refractivity contribution in [3.05, 3.63) is 71.7 Å². The van der Waals surface area contributed by atoms with Crippen LogP contribution in [0, 0.1) is 6.92 Å². The van der Waals surface area contributed by atoms with Gasteiger partial charge in [-0.2, -0.15) is 0 Å². The zero-order valence-electron chi connectivity index (χ0n) is 16.1. The van der Waals surface area contributed by atoms with E-state index in [9.17, 15) is 4.79 Å². The topological polar surface area (TPSA) is 88.8 Å². The van der Waals surface area contributed by atoms with Crippen LogP contribution in [0.1, 0.15) is 23.2 Å². The number of pyridine rings is 1. The Hall–Kier alpha value is -3.61. The van der Waals surface area contributed by atoms with Crippen molar-refractivity contribution in [2.45, 2.75) is 19.8 Å². The molecule has 148 valence electrons. The van der Waals surface area contributed by atoms with Crippen molar-refractivity contribution >= 4 is 17.6 Å². The van der Waals surface area contributed by atoms with Crippen molar-refractivity contribution in [3.63, 3.8) is 0 Å². The van der Waals surface area contributed by atoms with Gasteiger partial charge in [-0.3, -0.25) is 20.1 Å². The van der Waals surface area contributed by atoms with Gasteiger partial charge in [0.1, 0.15) is 23.0 Å². The van der Waals surface area contributed by atoms with Crippen LogP contribution in [0.15, 0.2) is 64.3 Å². The summed E-state index contributed by atoms with van der Waals surface area (Å²) in [7, 11) is 0. The molecule has 0 aliphatic carbocycles. The summed E-state index contributed by atoms with van der Waals surface area (Å²) in [6.07, 6.45) is 4.27. The summed E-state index contributed by atoms with van der Waals surface area (Å²) in [4.78, 5) is 20.8. The first-order chi connectivity index (χ1) is 14.2. The second kappa shape index (κ2) is 8.60. The molecule has 0 atom stereocenters. The molecule has 3 aromatic rings. The number of ether oxygens (including phenoxy) is 1. The Morgan fingerprint density at radius 3 is 2.93 bits per heavy atom. The first-order valence-corrected chi connectivity index (χ1v) is 9.52. The molecule has 0 saturated heterocycles. The fourth-order valence-corrected chi connectivity index (χ4v) is 3.03. The standard InChI is InChI=1S/C22H22N4O3/c1-15-11-21(28-14-15)26-20(27)6-5-16-3-2-4-17(12-16)29-18-7-8-23-19(13-18)22-24-9-10-25-22/h2-4,7-8,11-14H,5-6,9-10H2,1H3,(H,24,25)(H,26,27). The molecule has 1 aliphatic heterocycles. The molecule has 4 rings (SSSR count). The maximum absolute atomic E-state index is 12.1. The summed E-state index contributed by atoms with van der Waals surface area (Å²) in [5, 5.41) is 5.97. The maximum Gasteiger partial charge on any atom is 0.227 e. The zero-order chi connectivity index (χ0) is 20.1. The number of hydrogen-bond donors (Lipinski definition) is 2. The number of aromatic nitrogens is 1. The number of amides is 1. The molecule has 7 heteroatoms. The fourth-order valence-electron chi connectivity index (χ4n) is 3.03. The Bertz CT molecular complexity index is 1040. The number of carbonyl (C=O) groups is 1. The van der Waals surface area contributed by atoms with Gasteiger partial charge in [-0.15, -0.1) is 0 Å². The Balaban J connectivity index is 1.36. The molecule has 0 radical (unpaired) electrons. The normalized spacial score (nSPS) is 12.9. The molecule has 2 N–H and O–H groups in total. The average molecular weight is 390 g/mol. The monoisotopic (exact) mass is 390 g/mol. The summed E-state index contributed by atoms with van der Waals surface area (Å²) in [6, 6.07) is 13.2. The van der Waals surface area contributed by atoms with Crippen LogP contribution >= 0.6 is 0 Å². The highest BCUT2D eigenvalue weighted by Gasteiger charge is 2.11. The highest BCUT2D eigenvalue weighted by atomic mass is 16.5. The average Bonchev–Trinajstić information content (AvgIpc) is 3.39. The largest absolute Gasteiger partial charge is 0.457 e. The van der Waals surface area contributed by atoms with Gasteiger partial charge in [0.05, 0.1) is 12.8 Å². The van der Waals surface area contributed by atoms with E-state index in [1.54, 1.807) is 18.5 Å². The van der Waals surface area contributed by atoms with Gasteiger partial charge >= 0.3 is 0 Å². The van der Waals surface area contributed by atoms with Gasteiger partial charge in [0.2, 0.25) is 5.91 Å². The Morgan fingerprint density at radius 1 is 1.24 bits per heavy atom. The number of aliphatic imine (C=N–C) groups is 1. The summed E-state index contributed by atoms with van der Waals surface area (Å²) < 4.78 is 11.2. The van der Waals surface area contributed by atoms with E-state index < -0.39 is 0 Å². The number of hydrogen-bond acceptors (Lipinski definition) is 6. The molecule has 0 saturated carbocycles. The third-order valence-corrected chi connectivity index (χ3v) is 4.42. The smallest absolute Gasteiger partial charge is 0.227 e. The van der Waals surface area contributed by atoms with Gasteiger partial charge in [0, 0.05) is 31.3 Å². The molecular formula is C22H22N4O3. The van der Waals surface area contributed by atoms with Crippen LogP contribution in [-0.2, 0) is 11.2 Å². The highest BCUT2D eigenvalue weighted by molar-refractivity contribution is 5.98. The molecule has 1 aliphatic rings. The van der Waals surface area contributed by atoms with Crippen LogP contribution in [0.2, 0.25) is 0 Å². The van der Waals surface area contributed by atoms with Crippen molar-refractivity contribution in [2.75, 3.05) is 18.4 Å². The lowest BCUT2D eigenvalue weighted by atomic mass is 10.1. The number of rotatable bonds is 7. The number of amidine groups is 1. The molecule has 1 amide bonds. The van der Waals surface area contributed by atoms with E-state index in [0.29, 0.717) is 30.2 Å². The molecule has 0 spiro atoms. The van der Waals surface area contributed by atoms with Crippen LogP contribution < -0.4 is 15.4 Å². The number of nitrogens with one attached hydrogen (secondary N) is 2. The van der Waals surface area contributed by atoms with Crippen LogP contribution in [-0.4, -0.2) is 29.8 Å². The van der Waals surface area contributed by atoms with Gasteiger partial charge < -0.3 is 14.5 Å². The van der Waals surface area contributed by atoms with E-state index >= 15 is 0 Å². The predicted octanol–water partition coefficient (Wildman–Crippen LogP) is 3.70. The maximum atomic E-state index is 12.1. The van der Waals surface area contributed by atoms with Crippen molar-refractivity contribution < 1.29 is 13.9 Å². The van der Waals surface area contributed by atoms with Gasteiger partial charge in [0.25, 0.3) is 0 Å². The Morgan fingerprint density at radius 2 is 2.14 bits per heavy atom. The lowest BCUT2D eigenvalue weighted by Gasteiger charge is -2.09.